The molecule has 1 aromatic rings. The predicted octanol–water partition coefficient (Wildman–Crippen LogP) is 5.58. The number of benzene rings is 1. The molecule has 2 bridgehead atoms. The van der Waals surface area contributed by atoms with Crippen molar-refractivity contribution in [3.05, 3.63) is 43.5 Å². The molecule has 34 heavy (non-hydrogen) atoms. The van der Waals surface area contributed by atoms with Crippen molar-refractivity contribution in [1.82, 2.24) is 4.90 Å². The number of halogens is 4. The van der Waals surface area contributed by atoms with Crippen LogP contribution in [0.3, 0.4) is 0 Å². The zero-order valence-electron chi connectivity index (χ0n) is 18.9. The van der Waals surface area contributed by atoms with E-state index in [4.69, 9.17) is 4.74 Å². The third-order valence-electron chi connectivity index (χ3n) is 5.70. The van der Waals surface area contributed by atoms with Gasteiger partial charge in [0.1, 0.15) is 5.60 Å². The average molecular weight is 595 g/mol. The largest absolute Gasteiger partial charge is 0.471 e. The van der Waals surface area contributed by atoms with E-state index in [1.54, 1.807) is 54.3 Å². The molecule has 3 rings (SSSR count). The van der Waals surface area contributed by atoms with Crippen LogP contribution in [0.5, 0.6) is 0 Å². The van der Waals surface area contributed by atoms with Crippen molar-refractivity contribution in [3.8, 4) is 0 Å². The highest BCUT2D eigenvalue weighted by Crippen LogP contribution is 2.39. The van der Waals surface area contributed by atoms with Crippen LogP contribution in [0.25, 0.3) is 0 Å². The molecule has 2 saturated heterocycles. The minimum Gasteiger partial charge on any atom is -0.444 e. The first-order chi connectivity index (χ1) is 15.7. The molecule has 8 nitrogen and oxygen atoms in total. The first-order valence-electron chi connectivity index (χ1n) is 10.7. The molecule has 2 atom stereocenters. The fourth-order valence-electron chi connectivity index (χ4n) is 4.32. The normalized spacial score (nSPS) is 20.2. The van der Waals surface area contributed by atoms with Gasteiger partial charge in [0.15, 0.2) is 0 Å². The SMILES string of the molecule is CC(C)(C)OC(=O)N1C2CCC1CC(=CCN(C(=O)C(F)(F)F)c1ccc([N+](=O)[O-])cc1I)C2. The lowest BCUT2D eigenvalue weighted by Crippen LogP contribution is -2.47. The highest BCUT2D eigenvalue weighted by molar-refractivity contribution is 14.1. The molecule has 2 fully saturated rings. The van der Waals surface area contributed by atoms with Crippen molar-refractivity contribution in [1.29, 1.82) is 0 Å². The molecule has 0 aliphatic carbocycles. The third kappa shape index (κ3) is 5.99. The molecule has 2 heterocycles. The maximum Gasteiger partial charge on any atom is 0.471 e. The Hall–Kier alpha value is -2.38. The Morgan fingerprint density at radius 3 is 2.29 bits per heavy atom. The molecular weight excluding hydrogens is 570 g/mol. The number of rotatable bonds is 4. The van der Waals surface area contributed by atoms with Gasteiger partial charge >= 0.3 is 18.2 Å². The van der Waals surface area contributed by atoms with E-state index in [1.807, 2.05) is 0 Å². The van der Waals surface area contributed by atoms with E-state index in [1.165, 1.54) is 0 Å². The Kier molecular flexibility index (Phi) is 7.48. The standard InChI is InChI=1S/C22H25F3IN3O5/c1-21(2,3)34-20(31)28-14-4-5-15(28)11-13(10-14)8-9-27(19(30)22(23,24)25)18-7-6-16(29(32)33)12-17(18)26/h6-8,12,14-15H,4-5,9-11H2,1-3H3. The fourth-order valence-corrected chi connectivity index (χ4v) is 5.11. The second-order valence-corrected chi connectivity index (χ2v) is 10.5. The van der Waals surface area contributed by atoms with Gasteiger partial charge < -0.3 is 9.64 Å². The van der Waals surface area contributed by atoms with Crippen LogP contribution in [0.15, 0.2) is 29.8 Å². The quantitative estimate of drug-likeness (QED) is 0.196. The number of hydrogen-bond acceptors (Lipinski definition) is 5. The van der Waals surface area contributed by atoms with Gasteiger partial charge in [-0.2, -0.15) is 13.2 Å². The summed E-state index contributed by atoms with van der Waals surface area (Å²) in [4.78, 5) is 37.4. The molecule has 0 saturated carbocycles. The monoisotopic (exact) mass is 595 g/mol. The summed E-state index contributed by atoms with van der Waals surface area (Å²) >= 11 is 1.68. The van der Waals surface area contributed by atoms with Crippen LogP contribution in [-0.2, 0) is 9.53 Å². The van der Waals surface area contributed by atoms with Gasteiger partial charge in [0.2, 0.25) is 0 Å². The molecule has 186 valence electrons. The van der Waals surface area contributed by atoms with Crippen LogP contribution in [0.2, 0.25) is 0 Å². The van der Waals surface area contributed by atoms with Gasteiger partial charge in [0.25, 0.3) is 5.69 Å². The van der Waals surface area contributed by atoms with Gasteiger partial charge in [0.05, 0.1) is 10.6 Å². The molecule has 0 radical (unpaired) electrons. The third-order valence-corrected chi connectivity index (χ3v) is 6.57. The van der Waals surface area contributed by atoms with Crippen LogP contribution in [0.4, 0.5) is 29.3 Å². The summed E-state index contributed by atoms with van der Waals surface area (Å²) in [5.74, 6) is -2.05. The van der Waals surface area contributed by atoms with Crippen molar-refractivity contribution in [3.63, 3.8) is 0 Å². The van der Waals surface area contributed by atoms with Crippen LogP contribution < -0.4 is 4.90 Å². The Morgan fingerprint density at radius 1 is 1.24 bits per heavy atom. The number of nitro benzene ring substituents is 1. The van der Waals surface area contributed by atoms with Gasteiger partial charge in [0, 0.05) is 34.3 Å². The lowest BCUT2D eigenvalue weighted by atomic mass is 9.96. The van der Waals surface area contributed by atoms with E-state index in [0.717, 1.165) is 36.6 Å². The molecular formula is C22H25F3IN3O5. The van der Waals surface area contributed by atoms with Crippen LogP contribution >= 0.6 is 22.6 Å². The Labute approximate surface area is 208 Å². The van der Waals surface area contributed by atoms with Crippen LogP contribution in [0, 0.1) is 13.7 Å². The number of nitro groups is 1. The summed E-state index contributed by atoms with van der Waals surface area (Å²) in [7, 11) is 0. The van der Waals surface area contributed by atoms with Crippen molar-refractivity contribution < 1.29 is 32.4 Å². The molecule has 0 aromatic heterocycles. The summed E-state index contributed by atoms with van der Waals surface area (Å²) in [6.45, 7) is 5.02. The molecule has 2 amide bonds. The topological polar surface area (TPSA) is 93.0 Å². The summed E-state index contributed by atoms with van der Waals surface area (Å²) in [6, 6.07) is 3.13. The summed E-state index contributed by atoms with van der Waals surface area (Å²) in [5, 5.41) is 11.0. The predicted molar refractivity (Wildman–Crippen MR) is 126 cm³/mol. The summed E-state index contributed by atoms with van der Waals surface area (Å²) < 4.78 is 45.6. The van der Waals surface area contributed by atoms with E-state index >= 15 is 0 Å². The van der Waals surface area contributed by atoms with Gasteiger partial charge in [-0.3, -0.25) is 19.8 Å². The van der Waals surface area contributed by atoms with E-state index < -0.39 is 28.7 Å². The van der Waals surface area contributed by atoms with Crippen molar-refractivity contribution in [2.45, 2.75) is 70.3 Å². The number of carbonyl (C=O) groups is 2. The second-order valence-electron chi connectivity index (χ2n) is 9.35. The smallest absolute Gasteiger partial charge is 0.444 e. The number of carbonyl (C=O) groups excluding carboxylic acids is 2. The van der Waals surface area contributed by atoms with Gasteiger partial charge in [-0.15, -0.1) is 0 Å². The number of hydrogen-bond donors (Lipinski definition) is 0. The van der Waals surface area contributed by atoms with Crippen molar-refractivity contribution in [2.75, 3.05) is 11.4 Å². The zero-order chi connectivity index (χ0) is 25.4. The number of non-ortho nitro benzene ring substituents is 1. The van der Waals surface area contributed by atoms with E-state index in [9.17, 15) is 32.9 Å². The van der Waals surface area contributed by atoms with Gasteiger partial charge in [-0.1, -0.05) is 11.6 Å². The summed E-state index contributed by atoms with van der Waals surface area (Å²) in [5.41, 5.74) is -0.103. The first-order valence-corrected chi connectivity index (χ1v) is 11.8. The Morgan fingerprint density at radius 2 is 1.82 bits per heavy atom. The number of piperidine rings is 1. The van der Waals surface area contributed by atoms with Crippen LogP contribution in [0.1, 0.15) is 46.5 Å². The maximum atomic E-state index is 13.3. The molecule has 0 N–H and O–H groups in total. The van der Waals surface area contributed by atoms with Crippen molar-refractivity contribution in [2.24, 2.45) is 0 Å². The Balaban J connectivity index is 1.81. The second kappa shape index (κ2) is 9.70. The van der Waals surface area contributed by atoms with Crippen LogP contribution in [-0.4, -0.2) is 52.2 Å². The minimum absolute atomic E-state index is 0.0560. The number of amides is 2. The number of anilines is 1. The van der Waals surface area contributed by atoms with E-state index in [2.05, 4.69) is 0 Å². The molecule has 2 unspecified atom stereocenters. The highest BCUT2D eigenvalue weighted by Gasteiger charge is 2.45. The number of fused-ring (bicyclic) bond motifs is 2. The van der Waals surface area contributed by atoms with Gasteiger partial charge in [-0.25, -0.2) is 4.79 Å². The lowest BCUT2D eigenvalue weighted by molar-refractivity contribution is -0.384. The molecule has 0 spiro atoms. The zero-order valence-corrected chi connectivity index (χ0v) is 21.1. The minimum atomic E-state index is -5.11. The number of alkyl halides is 3. The van der Waals surface area contributed by atoms with E-state index in [-0.39, 0.29) is 33.6 Å². The van der Waals surface area contributed by atoms with E-state index in [0.29, 0.717) is 17.7 Å². The van der Waals surface area contributed by atoms with Crippen molar-refractivity contribution >= 4 is 46.0 Å². The molecule has 2 aliphatic rings. The fraction of sp³-hybridized carbons (Fsp3) is 0.545. The number of nitrogens with zero attached hydrogens (tertiary/aromatic N) is 3. The number of ether oxygens (including phenoxy) is 1. The first kappa shape index (κ1) is 26.2. The summed E-state index contributed by atoms with van der Waals surface area (Å²) in [6.07, 6.45) is -1.39. The molecule has 1 aromatic carbocycles. The molecule has 2 aliphatic heterocycles. The van der Waals surface area contributed by atoms with Gasteiger partial charge in [-0.05, 0) is 75.1 Å². The Bertz CT molecular complexity index is 1010. The average Bonchev–Trinajstić information content (AvgIpc) is 2.97. The lowest BCUT2D eigenvalue weighted by Gasteiger charge is -2.37. The highest BCUT2D eigenvalue weighted by atomic mass is 127. The molecule has 12 heteroatoms. The maximum absolute atomic E-state index is 13.3.